The van der Waals surface area contributed by atoms with Crippen LogP contribution in [0.2, 0.25) is 0 Å². The Bertz CT molecular complexity index is 71.6. The summed E-state index contributed by atoms with van der Waals surface area (Å²) >= 11 is 9.56. The molecule has 1 N–H and O–H groups in total. The Kier molecular flexibility index (Phi) is 8.68. The van der Waals surface area contributed by atoms with Gasteiger partial charge >= 0.3 is 43.7 Å². The maximum Gasteiger partial charge on any atom is 2.00 e. The Hall–Kier alpha value is 1.31. The molecule has 0 aliphatic rings. The molecule has 0 aliphatic carbocycles. The first kappa shape index (κ1) is 11.2. The van der Waals surface area contributed by atoms with Gasteiger partial charge in [-0.15, -0.1) is 0 Å². The number of carboxylic acid groups (broad SMARTS) is 1. The fourth-order valence-corrected chi connectivity index (χ4v) is 0. The maximum absolute atomic E-state index is 9.44. The van der Waals surface area contributed by atoms with Gasteiger partial charge in [-0.05, 0) is 0 Å². The Labute approximate surface area is 83.8 Å². The van der Waals surface area contributed by atoms with Crippen molar-refractivity contribution in [1.82, 2.24) is 0 Å². The van der Waals surface area contributed by atoms with Crippen molar-refractivity contribution in [3.8, 4) is 0 Å². The summed E-state index contributed by atoms with van der Waals surface area (Å²) < 4.78 is 0. The number of alkyl halides is 2. The van der Waals surface area contributed by atoms with Gasteiger partial charge in [0, 0.05) is 0 Å². The van der Waals surface area contributed by atoms with Crippen LogP contribution in [0, 0.1) is 0 Å². The molecule has 0 rings (SSSR count). The summed E-state index contributed by atoms with van der Waals surface area (Å²) in [5, 5.41) is 7.73. The average molecular weight is 171 g/mol. The standard InChI is InChI=1S/C2H2Cl2O2.Ca.2H/c3-1(4)2(5)6;;;/h1H,(H,5,6);;;/q;+2;2*-1. The molecule has 0 fully saturated rings. The summed E-state index contributed by atoms with van der Waals surface area (Å²) in [4.78, 5) is 8.15. The van der Waals surface area contributed by atoms with E-state index in [1.165, 1.54) is 0 Å². The second-order valence-corrected chi connectivity index (χ2v) is 1.74. The van der Waals surface area contributed by atoms with E-state index in [-0.39, 0.29) is 40.6 Å². The van der Waals surface area contributed by atoms with Crippen molar-refractivity contribution in [2.45, 2.75) is 4.84 Å². The number of carboxylic acids is 1. The van der Waals surface area contributed by atoms with Crippen LogP contribution in [0.3, 0.4) is 0 Å². The zero-order valence-corrected chi connectivity index (χ0v) is 7.12. The fourth-order valence-electron chi connectivity index (χ4n) is 0. The van der Waals surface area contributed by atoms with Crippen LogP contribution in [-0.4, -0.2) is 53.7 Å². The van der Waals surface area contributed by atoms with Gasteiger partial charge in [0.15, 0.2) is 0 Å². The number of hydrogen-bond donors (Lipinski definition) is 1. The van der Waals surface area contributed by atoms with Gasteiger partial charge in [0.05, 0.1) is 0 Å². The molecule has 0 heterocycles. The SMILES string of the molecule is O=C(O)C(Cl)Cl.[Ca+2].[H-].[H-]. The first-order chi connectivity index (χ1) is 2.64. The van der Waals surface area contributed by atoms with E-state index in [0.29, 0.717) is 0 Å². The van der Waals surface area contributed by atoms with Gasteiger partial charge in [0.2, 0.25) is 4.84 Å². The largest absolute Gasteiger partial charge is 2.00 e. The molecule has 2 nitrogen and oxygen atoms in total. The third-order valence-corrected chi connectivity index (χ3v) is 0.560. The van der Waals surface area contributed by atoms with Gasteiger partial charge in [-0.1, -0.05) is 23.2 Å². The van der Waals surface area contributed by atoms with Crippen LogP contribution >= 0.6 is 23.2 Å². The van der Waals surface area contributed by atoms with Crippen LogP contribution in [-0.2, 0) is 4.79 Å². The molecule has 0 amide bonds. The van der Waals surface area contributed by atoms with Gasteiger partial charge < -0.3 is 7.96 Å². The van der Waals surface area contributed by atoms with E-state index in [1.54, 1.807) is 0 Å². The van der Waals surface area contributed by atoms with Gasteiger partial charge in [-0.2, -0.15) is 0 Å². The van der Waals surface area contributed by atoms with Crippen LogP contribution in [0.15, 0.2) is 0 Å². The minimum absolute atomic E-state index is 0. The Morgan fingerprint density at radius 3 is 1.86 bits per heavy atom. The normalized spacial score (nSPS) is 7.86. The topological polar surface area (TPSA) is 37.3 Å². The molecule has 0 saturated heterocycles. The third kappa shape index (κ3) is 7.31. The number of carbonyl (C=O) groups is 1. The number of hydrogen-bond acceptors (Lipinski definition) is 1. The molecule has 5 heteroatoms. The van der Waals surface area contributed by atoms with Crippen molar-refractivity contribution >= 4 is 66.9 Å². The molecule has 0 aromatic heterocycles. The van der Waals surface area contributed by atoms with Crippen molar-refractivity contribution < 1.29 is 12.8 Å². The number of halogens is 2. The molecule has 0 aromatic carbocycles. The fraction of sp³-hybridized carbons (Fsp3) is 0.500. The third-order valence-electron chi connectivity index (χ3n) is 0.187. The minimum Gasteiger partial charge on any atom is -1.00 e. The van der Waals surface area contributed by atoms with Crippen molar-refractivity contribution in [1.29, 1.82) is 0 Å². The number of aliphatic carboxylic acids is 1. The molecule has 0 bridgehead atoms. The van der Waals surface area contributed by atoms with Crippen molar-refractivity contribution in [2.24, 2.45) is 0 Å². The predicted octanol–water partition coefficient (Wildman–Crippen LogP) is 0.719. The van der Waals surface area contributed by atoms with Crippen LogP contribution < -0.4 is 0 Å². The second-order valence-electron chi connectivity index (χ2n) is 0.639. The zero-order chi connectivity index (χ0) is 5.15. The van der Waals surface area contributed by atoms with Crippen molar-refractivity contribution in [3.05, 3.63) is 0 Å². The molecule has 0 spiro atoms. The minimum atomic E-state index is -1.29. The summed E-state index contributed by atoms with van der Waals surface area (Å²) in [6, 6.07) is 0. The molecule has 0 aromatic rings. The van der Waals surface area contributed by atoms with E-state index < -0.39 is 10.8 Å². The van der Waals surface area contributed by atoms with Gasteiger partial charge in [-0.25, -0.2) is 4.79 Å². The zero-order valence-electron chi connectivity index (χ0n) is 5.40. The molecule has 0 atom stereocenters. The summed E-state index contributed by atoms with van der Waals surface area (Å²) in [5.74, 6) is -1.21. The molecule has 7 heavy (non-hydrogen) atoms. The molecule has 0 unspecified atom stereocenters. The summed E-state index contributed by atoms with van der Waals surface area (Å²) in [6.07, 6.45) is 0. The molecule has 0 radical (unpaired) electrons. The van der Waals surface area contributed by atoms with Crippen LogP contribution in [0.1, 0.15) is 2.85 Å². The molecule has 0 saturated carbocycles. The van der Waals surface area contributed by atoms with Gasteiger partial charge in [0.25, 0.3) is 0 Å². The van der Waals surface area contributed by atoms with E-state index in [0.717, 1.165) is 0 Å². The van der Waals surface area contributed by atoms with Crippen LogP contribution in [0.5, 0.6) is 0 Å². The van der Waals surface area contributed by atoms with E-state index in [4.69, 9.17) is 28.3 Å². The van der Waals surface area contributed by atoms with Crippen LogP contribution in [0.25, 0.3) is 0 Å². The van der Waals surface area contributed by atoms with E-state index >= 15 is 0 Å². The molecule has 40 valence electrons. The van der Waals surface area contributed by atoms with E-state index in [9.17, 15) is 4.79 Å². The Balaban J connectivity index is -0.0000000417. The average Bonchev–Trinajstić information content (AvgIpc) is 1.36. The number of rotatable bonds is 1. The summed E-state index contributed by atoms with van der Waals surface area (Å²) in [5.41, 5.74) is 0. The van der Waals surface area contributed by atoms with Crippen molar-refractivity contribution in [3.63, 3.8) is 0 Å². The molecular formula is C2H4CaCl2O2. The summed E-state index contributed by atoms with van der Waals surface area (Å²) in [7, 11) is 0. The van der Waals surface area contributed by atoms with E-state index in [2.05, 4.69) is 0 Å². The monoisotopic (exact) mass is 170 g/mol. The molecule has 0 aliphatic heterocycles. The van der Waals surface area contributed by atoms with Gasteiger partial charge in [0.1, 0.15) is 0 Å². The van der Waals surface area contributed by atoms with Crippen molar-refractivity contribution in [2.75, 3.05) is 0 Å². The second kappa shape index (κ2) is 5.45. The smallest absolute Gasteiger partial charge is 1.00 e. The molecular weight excluding hydrogens is 167 g/mol. The van der Waals surface area contributed by atoms with Crippen LogP contribution in [0.4, 0.5) is 0 Å². The predicted molar refractivity (Wildman–Crippen MR) is 31.1 cm³/mol. The maximum atomic E-state index is 9.44. The Morgan fingerprint density at radius 1 is 1.71 bits per heavy atom. The Morgan fingerprint density at radius 2 is 1.86 bits per heavy atom. The quantitative estimate of drug-likeness (QED) is 0.466. The van der Waals surface area contributed by atoms with Gasteiger partial charge in [-0.3, -0.25) is 0 Å². The first-order valence-electron chi connectivity index (χ1n) is 1.15. The summed E-state index contributed by atoms with van der Waals surface area (Å²) in [6.45, 7) is 0. The first-order valence-corrected chi connectivity index (χ1v) is 2.03. The van der Waals surface area contributed by atoms with E-state index in [1.807, 2.05) is 0 Å².